The van der Waals surface area contributed by atoms with E-state index in [1.54, 1.807) is 0 Å². The molecule has 0 unspecified atom stereocenters. The van der Waals surface area contributed by atoms with Gasteiger partial charge in [0.05, 0.1) is 38.0 Å². The van der Waals surface area contributed by atoms with Crippen LogP contribution in [0.5, 0.6) is 0 Å². The molecule has 6 atom stereocenters. The molecule has 8 amide bonds. The summed E-state index contributed by atoms with van der Waals surface area (Å²) in [6.45, 7) is 0.275. The lowest BCUT2D eigenvalue weighted by molar-refractivity contribution is -0.142. The minimum Gasteiger partial charge on any atom is -0.480 e. The molecule has 1 aromatic heterocycles. The average Bonchev–Trinajstić information content (AvgIpc) is 3.58. The first-order valence-electron chi connectivity index (χ1n) is 16.1. The largest absolute Gasteiger partial charge is 0.480 e. The lowest BCUT2D eigenvalue weighted by atomic mass is 10.1. The predicted octanol–water partition coefficient (Wildman–Crippen LogP) is -6.81. The lowest BCUT2D eigenvalue weighted by Crippen LogP contribution is -2.58. The van der Waals surface area contributed by atoms with Crippen molar-refractivity contribution in [3.8, 4) is 0 Å². The highest BCUT2D eigenvalue weighted by Gasteiger charge is 2.32. The number of nitrogens with zero attached hydrogens (tertiary/aromatic N) is 1. The van der Waals surface area contributed by atoms with E-state index in [0.29, 0.717) is 31.5 Å². The van der Waals surface area contributed by atoms with Gasteiger partial charge in [0.25, 0.3) is 0 Å². The van der Waals surface area contributed by atoms with Crippen molar-refractivity contribution in [3.63, 3.8) is 0 Å². The number of primary amides is 2. The third-order valence-corrected chi connectivity index (χ3v) is 7.20. The zero-order chi connectivity index (χ0) is 39.4. The zero-order valence-corrected chi connectivity index (χ0v) is 28.5. The van der Waals surface area contributed by atoms with E-state index in [1.807, 2.05) is 0 Å². The number of nitrogens with two attached hydrogens (primary N) is 4. The van der Waals surface area contributed by atoms with Crippen molar-refractivity contribution in [2.24, 2.45) is 22.9 Å². The number of carboxylic acid groups (broad SMARTS) is 1. The Morgan fingerprint density at radius 1 is 0.788 bits per heavy atom. The van der Waals surface area contributed by atoms with Crippen molar-refractivity contribution in [3.05, 3.63) is 18.2 Å². The number of aromatic amines is 1. The molecule has 1 rings (SSSR count). The summed E-state index contributed by atoms with van der Waals surface area (Å²) in [5.74, 6) is -8.93. The Morgan fingerprint density at radius 3 is 1.98 bits per heavy atom. The maximum absolute atomic E-state index is 13.3. The first-order chi connectivity index (χ1) is 24.4. The molecule has 290 valence electrons. The number of amides is 8. The Labute approximate surface area is 297 Å². The number of H-pyrrole nitrogens is 1. The second kappa shape index (κ2) is 22.9. The number of hydrogen-bond donors (Lipinski definition) is 13. The number of carbonyl (C=O) groups is 9. The molecule has 1 aromatic rings. The maximum Gasteiger partial charge on any atom is 0.326 e. The van der Waals surface area contributed by atoms with Gasteiger partial charge in [0.1, 0.15) is 24.2 Å². The van der Waals surface area contributed by atoms with Crippen LogP contribution in [-0.4, -0.2) is 129 Å². The van der Waals surface area contributed by atoms with Crippen LogP contribution in [0.15, 0.2) is 12.5 Å². The molecule has 52 heavy (non-hydrogen) atoms. The minimum absolute atomic E-state index is 0.230. The van der Waals surface area contributed by atoms with Crippen LogP contribution in [0.3, 0.4) is 0 Å². The topological polar surface area (TPSA) is 399 Å². The number of aromatic nitrogens is 2. The average molecular weight is 741 g/mol. The van der Waals surface area contributed by atoms with Crippen molar-refractivity contribution in [2.45, 2.75) is 88.2 Å². The molecular formula is C29H48N12O11. The standard InChI is InChI=1S/C29H48N12O11/c1-14(42)24(41-25(47)16(31)4-2-3-7-30)28(50)36-11-22(45)35-12-23(46)38-18(8-15-10-34-13-37-15)26(48)40-19(9-21(33)44)27(49)39-17(29(51)52)5-6-20(32)43/h10,13-14,16-19,24,42H,2-9,11-12,30-31H2,1H3,(H2,32,43)(H2,33,44)(H,34,37)(H,35,45)(H,36,50)(H,38,46)(H,39,49)(H,40,48)(H,41,47)(H,51,52)/t14-,16+,17+,18+,19+,24+/m1/s1. The number of aliphatic hydroxyl groups is 1. The number of aliphatic carboxylic acids is 1. The van der Waals surface area contributed by atoms with Gasteiger partial charge in [0, 0.05) is 24.7 Å². The number of imidazole rings is 1. The summed E-state index contributed by atoms with van der Waals surface area (Å²) >= 11 is 0. The Balaban J connectivity index is 2.88. The van der Waals surface area contributed by atoms with Crippen LogP contribution in [-0.2, 0) is 49.6 Å². The highest BCUT2D eigenvalue weighted by molar-refractivity contribution is 5.97. The summed E-state index contributed by atoms with van der Waals surface area (Å²) in [5, 5.41) is 32.9. The maximum atomic E-state index is 13.3. The van der Waals surface area contributed by atoms with Gasteiger partial charge in [-0.1, -0.05) is 6.42 Å². The van der Waals surface area contributed by atoms with Crippen molar-refractivity contribution < 1.29 is 53.4 Å². The summed E-state index contributed by atoms with van der Waals surface area (Å²) in [7, 11) is 0. The molecule has 0 aliphatic carbocycles. The number of unbranched alkanes of at least 4 members (excludes halogenated alkanes) is 1. The smallest absolute Gasteiger partial charge is 0.326 e. The van der Waals surface area contributed by atoms with E-state index in [0.717, 1.165) is 0 Å². The van der Waals surface area contributed by atoms with E-state index in [4.69, 9.17) is 22.9 Å². The van der Waals surface area contributed by atoms with Crippen LogP contribution in [0.2, 0.25) is 0 Å². The molecule has 0 aliphatic heterocycles. The van der Waals surface area contributed by atoms with Gasteiger partial charge in [-0.05, 0) is 32.7 Å². The summed E-state index contributed by atoms with van der Waals surface area (Å²) in [5.41, 5.74) is 21.9. The van der Waals surface area contributed by atoms with Crippen molar-refractivity contribution in [1.29, 1.82) is 0 Å². The first kappa shape index (κ1) is 44.3. The van der Waals surface area contributed by atoms with E-state index in [-0.39, 0.29) is 12.8 Å². The third kappa shape index (κ3) is 17.3. The van der Waals surface area contributed by atoms with Crippen LogP contribution in [0.4, 0.5) is 0 Å². The highest BCUT2D eigenvalue weighted by Crippen LogP contribution is 2.04. The van der Waals surface area contributed by atoms with Crippen LogP contribution in [0.1, 0.15) is 51.1 Å². The molecule has 0 spiro atoms. The molecule has 0 radical (unpaired) electrons. The van der Waals surface area contributed by atoms with Gasteiger partial charge in [0.15, 0.2) is 0 Å². The SMILES string of the molecule is C[C@@H](O)[C@H](NC(=O)[C@@H](N)CCCCN)C(=O)NCC(=O)NCC(=O)N[C@@H](Cc1cnc[nH]1)C(=O)N[C@@H](CC(N)=O)C(=O)N[C@@H](CCC(N)=O)C(=O)O. The summed E-state index contributed by atoms with van der Waals surface area (Å²) < 4.78 is 0. The fourth-order valence-electron chi connectivity index (χ4n) is 4.39. The van der Waals surface area contributed by atoms with Crippen molar-refractivity contribution in [1.82, 2.24) is 41.9 Å². The second-order valence-corrected chi connectivity index (χ2v) is 11.6. The third-order valence-electron chi connectivity index (χ3n) is 7.20. The highest BCUT2D eigenvalue weighted by atomic mass is 16.4. The zero-order valence-electron chi connectivity index (χ0n) is 28.5. The number of aliphatic hydroxyl groups excluding tert-OH is 1. The Morgan fingerprint density at radius 2 is 1.42 bits per heavy atom. The van der Waals surface area contributed by atoms with Crippen LogP contribution in [0, 0.1) is 0 Å². The van der Waals surface area contributed by atoms with Crippen LogP contribution >= 0.6 is 0 Å². The normalized spacial score (nSPS) is 14.2. The fourth-order valence-corrected chi connectivity index (χ4v) is 4.39. The van der Waals surface area contributed by atoms with Gasteiger partial charge in [-0.3, -0.25) is 38.4 Å². The van der Waals surface area contributed by atoms with E-state index in [2.05, 4.69) is 41.9 Å². The lowest BCUT2D eigenvalue weighted by Gasteiger charge is -2.24. The summed E-state index contributed by atoms with van der Waals surface area (Å²) in [4.78, 5) is 117. The van der Waals surface area contributed by atoms with Gasteiger partial charge < -0.3 is 70.0 Å². The van der Waals surface area contributed by atoms with Crippen molar-refractivity contribution in [2.75, 3.05) is 19.6 Å². The molecular weight excluding hydrogens is 692 g/mol. The van der Waals surface area contributed by atoms with E-state index in [9.17, 15) is 53.4 Å². The Bertz CT molecular complexity index is 1410. The first-order valence-corrected chi connectivity index (χ1v) is 16.1. The quantitative estimate of drug-likeness (QED) is 0.0415. The van der Waals surface area contributed by atoms with Gasteiger partial charge in [0.2, 0.25) is 47.3 Å². The van der Waals surface area contributed by atoms with Gasteiger partial charge in [-0.15, -0.1) is 0 Å². The van der Waals surface area contributed by atoms with E-state index < -0.39 is 115 Å². The fraction of sp³-hybridized carbons (Fsp3) is 0.586. The second-order valence-electron chi connectivity index (χ2n) is 11.6. The van der Waals surface area contributed by atoms with Crippen molar-refractivity contribution >= 4 is 53.2 Å². The number of hydrogen-bond acceptors (Lipinski definition) is 13. The number of rotatable bonds is 25. The molecule has 0 bridgehead atoms. The monoisotopic (exact) mass is 740 g/mol. The predicted molar refractivity (Wildman–Crippen MR) is 178 cm³/mol. The van der Waals surface area contributed by atoms with Crippen LogP contribution < -0.4 is 54.8 Å². The Kier molecular flexibility index (Phi) is 19.5. The molecule has 0 fully saturated rings. The molecule has 0 aromatic carbocycles. The Hall–Kier alpha value is -5.68. The van der Waals surface area contributed by atoms with Crippen LogP contribution in [0.25, 0.3) is 0 Å². The summed E-state index contributed by atoms with van der Waals surface area (Å²) in [6.07, 6.45) is 0.985. The van der Waals surface area contributed by atoms with E-state index in [1.165, 1.54) is 19.4 Å². The van der Waals surface area contributed by atoms with Gasteiger partial charge >= 0.3 is 5.97 Å². The number of carboxylic acids is 1. The molecule has 23 nitrogen and oxygen atoms in total. The molecule has 17 N–H and O–H groups in total. The molecule has 1 heterocycles. The van der Waals surface area contributed by atoms with Gasteiger partial charge in [-0.2, -0.15) is 0 Å². The molecule has 0 saturated heterocycles. The van der Waals surface area contributed by atoms with Gasteiger partial charge in [-0.25, -0.2) is 9.78 Å². The molecule has 0 saturated carbocycles. The number of nitrogens with one attached hydrogen (secondary N) is 7. The molecule has 0 aliphatic rings. The number of carbonyl (C=O) groups excluding carboxylic acids is 8. The summed E-state index contributed by atoms with van der Waals surface area (Å²) in [6, 6.07) is -7.16. The molecule has 23 heteroatoms. The van der Waals surface area contributed by atoms with E-state index >= 15 is 0 Å². The minimum atomic E-state index is -1.70.